The van der Waals surface area contributed by atoms with Crippen molar-refractivity contribution in [1.82, 2.24) is 5.32 Å². The Hall–Kier alpha value is -1.06. The molecule has 1 aromatic rings. The lowest BCUT2D eigenvalue weighted by molar-refractivity contribution is -0.145. The minimum absolute atomic E-state index is 0.120. The van der Waals surface area contributed by atoms with Gasteiger partial charge in [0.2, 0.25) is 0 Å². The summed E-state index contributed by atoms with van der Waals surface area (Å²) in [5, 5.41) is 13.1. The summed E-state index contributed by atoms with van der Waals surface area (Å²) in [5.74, 6) is -0.903. The van der Waals surface area contributed by atoms with E-state index in [2.05, 4.69) is 5.32 Å². The van der Waals surface area contributed by atoms with E-state index in [1.165, 1.54) is 0 Å². The van der Waals surface area contributed by atoms with Crippen molar-refractivity contribution in [1.29, 1.82) is 0 Å². The van der Waals surface area contributed by atoms with Crippen molar-refractivity contribution in [3.05, 3.63) is 34.9 Å². The van der Waals surface area contributed by atoms with E-state index in [4.69, 9.17) is 11.6 Å². The molecular weight excluding hydrogens is 238 g/mol. The first-order chi connectivity index (χ1) is 7.90. The predicted molar refractivity (Wildman–Crippen MR) is 69.3 cm³/mol. The second-order valence-electron chi connectivity index (χ2n) is 4.39. The maximum atomic E-state index is 11.5. The number of carboxylic acids is 1. The SMILES string of the molecule is CCC(C)NC(C)(C(=O)O)c1cccc(Cl)c1. The van der Waals surface area contributed by atoms with Gasteiger partial charge in [0.25, 0.3) is 0 Å². The maximum Gasteiger partial charge on any atom is 0.328 e. The third-order valence-corrected chi connectivity index (χ3v) is 3.21. The molecule has 2 atom stereocenters. The van der Waals surface area contributed by atoms with E-state index in [1.54, 1.807) is 31.2 Å². The average molecular weight is 256 g/mol. The van der Waals surface area contributed by atoms with Gasteiger partial charge >= 0.3 is 5.97 Å². The van der Waals surface area contributed by atoms with Crippen LogP contribution in [-0.4, -0.2) is 17.1 Å². The lowest BCUT2D eigenvalue weighted by Crippen LogP contribution is -2.50. The van der Waals surface area contributed by atoms with Gasteiger partial charge in [0.1, 0.15) is 5.54 Å². The van der Waals surface area contributed by atoms with E-state index in [9.17, 15) is 9.90 Å². The van der Waals surface area contributed by atoms with E-state index < -0.39 is 11.5 Å². The Morgan fingerprint density at radius 2 is 2.24 bits per heavy atom. The van der Waals surface area contributed by atoms with E-state index in [0.29, 0.717) is 10.6 Å². The normalized spacial score (nSPS) is 16.2. The number of rotatable bonds is 5. The highest BCUT2D eigenvalue weighted by Crippen LogP contribution is 2.25. The summed E-state index contributed by atoms with van der Waals surface area (Å²) in [6.45, 7) is 5.64. The van der Waals surface area contributed by atoms with Crippen molar-refractivity contribution in [3.63, 3.8) is 0 Å². The second-order valence-corrected chi connectivity index (χ2v) is 4.83. The molecule has 94 valence electrons. The van der Waals surface area contributed by atoms with Gasteiger partial charge in [-0.05, 0) is 38.0 Å². The largest absolute Gasteiger partial charge is 0.480 e. The molecule has 0 aromatic heterocycles. The summed E-state index contributed by atoms with van der Waals surface area (Å²) in [6.07, 6.45) is 0.865. The van der Waals surface area contributed by atoms with Gasteiger partial charge < -0.3 is 5.11 Å². The lowest BCUT2D eigenvalue weighted by atomic mass is 9.91. The molecule has 0 heterocycles. The molecule has 0 spiro atoms. The van der Waals surface area contributed by atoms with Crippen LogP contribution >= 0.6 is 11.6 Å². The molecule has 3 nitrogen and oxygen atoms in total. The van der Waals surface area contributed by atoms with Gasteiger partial charge in [-0.25, -0.2) is 4.79 Å². The van der Waals surface area contributed by atoms with Crippen LogP contribution in [0.25, 0.3) is 0 Å². The number of aliphatic carboxylic acids is 1. The molecule has 0 saturated heterocycles. The first-order valence-corrected chi connectivity index (χ1v) is 6.05. The Bertz CT molecular complexity index is 408. The van der Waals surface area contributed by atoms with Crippen LogP contribution in [0.3, 0.4) is 0 Å². The Kier molecular flexibility index (Phi) is 4.54. The fourth-order valence-electron chi connectivity index (χ4n) is 1.66. The molecule has 1 rings (SSSR count). The highest BCUT2D eigenvalue weighted by atomic mass is 35.5. The number of benzene rings is 1. The van der Waals surface area contributed by atoms with Gasteiger partial charge in [-0.3, -0.25) is 5.32 Å². The van der Waals surface area contributed by atoms with Crippen LogP contribution in [-0.2, 0) is 10.3 Å². The maximum absolute atomic E-state index is 11.5. The van der Waals surface area contributed by atoms with Crippen molar-refractivity contribution in [2.75, 3.05) is 0 Å². The highest BCUT2D eigenvalue weighted by Gasteiger charge is 2.35. The van der Waals surface area contributed by atoms with Gasteiger partial charge in [0.15, 0.2) is 0 Å². The van der Waals surface area contributed by atoms with Crippen molar-refractivity contribution in [2.24, 2.45) is 0 Å². The lowest BCUT2D eigenvalue weighted by Gasteiger charge is -2.30. The zero-order valence-electron chi connectivity index (χ0n) is 10.3. The van der Waals surface area contributed by atoms with Crippen LogP contribution in [0.4, 0.5) is 0 Å². The van der Waals surface area contributed by atoms with Gasteiger partial charge in [-0.1, -0.05) is 30.7 Å². The van der Waals surface area contributed by atoms with Gasteiger partial charge in [0, 0.05) is 11.1 Å². The molecule has 0 saturated carbocycles. The zero-order valence-corrected chi connectivity index (χ0v) is 11.1. The van der Waals surface area contributed by atoms with Crippen molar-refractivity contribution >= 4 is 17.6 Å². The molecule has 17 heavy (non-hydrogen) atoms. The Labute approximate surface area is 107 Å². The van der Waals surface area contributed by atoms with E-state index in [-0.39, 0.29) is 6.04 Å². The van der Waals surface area contributed by atoms with Crippen LogP contribution in [0.15, 0.2) is 24.3 Å². The molecule has 4 heteroatoms. The fraction of sp³-hybridized carbons (Fsp3) is 0.462. The first kappa shape index (κ1) is 14.0. The van der Waals surface area contributed by atoms with E-state index >= 15 is 0 Å². The van der Waals surface area contributed by atoms with Crippen LogP contribution in [0, 0.1) is 0 Å². The first-order valence-electron chi connectivity index (χ1n) is 5.67. The Morgan fingerprint density at radius 3 is 2.71 bits per heavy atom. The minimum atomic E-state index is -1.11. The number of carbonyl (C=O) groups is 1. The smallest absolute Gasteiger partial charge is 0.328 e. The molecule has 2 unspecified atom stereocenters. The molecule has 0 bridgehead atoms. The number of hydrogen-bond acceptors (Lipinski definition) is 2. The second kappa shape index (κ2) is 5.52. The quantitative estimate of drug-likeness (QED) is 0.850. The zero-order chi connectivity index (χ0) is 13.1. The summed E-state index contributed by atoms with van der Waals surface area (Å²) in [6, 6.07) is 7.07. The van der Waals surface area contributed by atoms with E-state index in [0.717, 1.165) is 6.42 Å². The van der Waals surface area contributed by atoms with Crippen LogP contribution < -0.4 is 5.32 Å². The standard InChI is InChI=1S/C13H18ClNO2/c1-4-9(2)15-13(3,12(16)17)10-6-5-7-11(14)8-10/h5-9,15H,4H2,1-3H3,(H,16,17). The summed E-state index contributed by atoms with van der Waals surface area (Å²) < 4.78 is 0. The number of hydrogen-bond donors (Lipinski definition) is 2. The van der Waals surface area contributed by atoms with Gasteiger partial charge in [-0.15, -0.1) is 0 Å². The monoisotopic (exact) mass is 255 g/mol. The molecule has 0 aliphatic carbocycles. The predicted octanol–water partition coefficient (Wildman–Crippen LogP) is 3.03. The molecule has 0 aliphatic rings. The van der Waals surface area contributed by atoms with E-state index in [1.807, 2.05) is 13.8 Å². The fourth-order valence-corrected chi connectivity index (χ4v) is 1.85. The molecule has 1 aromatic carbocycles. The molecule has 0 amide bonds. The van der Waals surface area contributed by atoms with Crippen molar-refractivity contribution in [2.45, 2.75) is 38.8 Å². The number of carboxylic acid groups (broad SMARTS) is 1. The van der Waals surface area contributed by atoms with Gasteiger partial charge in [-0.2, -0.15) is 0 Å². The summed E-state index contributed by atoms with van der Waals surface area (Å²) in [4.78, 5) is 11.5. The van der Waals surface area contributed by atoms with Crippen molar-refractivity contribution in [3.8, 4) is 0 Å². The Balaban J connectivity index is 3.11. The molecule has 0 radical (unpaired) electrons. The third-order valence-electron chi connectivity index (χ3n) is 2.98. The van der Waals surface area contributed by atoms with Crippen LogP contribution in [0.1, 0.15) is 32.8 Å². The summed E-state index contributed by atoms with van der Waals surface area (Å²) in [7, 11) is 0. The highest BCUT2D eigenvalue weighted by molar-refractivity contribution is 6.30. The van der Waals surface area contributed by atoms with Crippen LogP contribution in [0.2, 0.25) is 5.02 Å². The number of halogens is 1. The summed E-state index contributed by atoms with van der Waals surface area (Å²) >= 11 is 5.91. The Morgan fingerprint density at radius 1 is 1.59 bits per heavy atom. The molecule has 2 N–H and O–H groups in total. The van der Waals surface area contributed by atoms with Gasteiger partial charge in [0.05, 0.1) is 0 Å². The molecule has 0 aliphatic heterocycles. The average Bonchev–Trinajstić information content (AvgIpc) is 2.28. The molecular formula is C13H18ClNO2. The summed E-state index contributed by atoms with van der Waals surface area (Å²) in [5.41, 5.74) is -0.446. The van der Waals surface area contributed by atoms with Crippen molar-refractivity contribution < 1.29 is 9.90 Å². The third kappa shape index (κ3) is 3.20. The van der Waals surface area contributed by atoms with Crippen LogP contribution in [0.5, 0.6) is 0 Å². The topological polar surface area (TPSA) is 49.3 Å². The molecule has 0 fully saturated rings. The minimum Gasteiger partial charge on any atom is -0.480 e. The number of nitrogens with one attached hydrogen (secondary N) is 1.